The van der Waals surface area contributed by atoms with Gasteiger partial charge in [0, 0.05) is 12.2 Å². The number of carbonyl (C=O) groups excluding carboxylic acids is 3. The van der Waals surface area contributed by atoms with Gasteiger partial charge >= 0.3 is 11.9 Å². The van der Waals surface area contributed by atoms with E-state index in [4.69, 9.17) is 4.74 Å². The molecule has 6 nitrogen and oxygen atoms in total. The molecular weight excluding hydrogens is 318 g/mol. The highest BCUT2D eigenvalue weighted by Gasteiger charge is 2.53. The molecule has 0 radical (unpaired) electrons. The maximum absolute atomic E-state index is 12.4. The molecule has 0 bridgehead atoms. The van der Waals surface area contributed by atoms with Crippen LogP contribution in [0.5, 0.6) is 5.75 Å². The van der Waals surface area contributed by atoms with Crippen molar-refractivity contribution in [3.05, 3.63) is 29.8 Å². The maximum atomic E-state index is 12.4. The zero-order valence-corrected chi connectivity index (χ0v) is 13.7. The van der Waals surface area contributed by atoms with Crippen molar-refractivity contribution >= 4 is 29.6 Å². The number of ether oxygens (including phenoxy) is 2. The highest BCUT2D eigenvalue weighted by Crippen LogP contribution is 2.47. The van der Waals surface area contributed by atoms with Gasteiger partial charge in [0.05, 0.1) is 17.5 Å². The number of hydrogen-bond acceptors (Lipinski definition) is 6. The molecule has 7 heteroatoms. The van der Waals surface area contributed by atoms with Crippen LogP contribution in [0.3, 0.4) is 0 Å². The molecule has 0 aliphatic carbocycles. The average molecular weight is 335 g/mol. The van der Waals surface area contributed by atoms with E-state index in [-0.39, 0.29) is 10.8 Å². The lowest BCUT2D eigenvalue weighted by molar-refractivity contribution is -0.146. The highest BCUT2D eigenvalue weighted by atomic mass is 32.2. The zero-order valence-electron chi connectivity index (χ0n) is 12.9. The first-order chi connectivity index (χ1) is 10.9. The number of methoxy groups -OCH3 is 1. The molecule has 3 rings (SSSR count). The molecular formula is C16H17NO5S. The summed E-state index contributed by atoms with van der Waals surface area (Å²) in [6.45, 7) is 1.99. The molecule has 23 heavy (non-hydrogen) atoms. The van der Waals surface area contributed by atoms with Crippen LogP contribution in [0.15, 0.2) is 24.3 Å². The molecule has 2 saturated heterocycles. The van der Waals surface area contributed by atoms with E-state index in [1.165, 1.54) is 31.4 Å². The van der Waals surface area contributed by atoms with E-state index >= 15 is 0 Å². The predicted octanol–water partition coefficient (Wildman–Crippen LogP) is 1.83. The summed E-state index contributed by atoms with van der Waals surface area (Å²) in [7, 11) is 1.30. The fraction of sp³-hybridized carbons (Fsp3) is 0.438. The Labute approximate surface area is 138 Å². The monoisotopic (exact) mass is 335 g/mol. The molecule has 0 N–H and O–H groups in total. The van der Waals surface area contributed by atoms with Gasteiger partial charge in [-0.05, 0) is 37.6 Å². The molecule has 1 aromatic carbocycles. The smallest absolute Gasteiger partial charge is 0.337 e. The van der Waals surface area contributed by atoms with Crippen molar-refractivity contribution in [2.24, 2.45) is 0 Å². The molecule has 2 aliphatic heterocycles. The minimum atomic E-state index is -0.555. The molecule has 0 saturated carbocycles. The number of carbonyl (C=O) groups is 3. The molecule has 1 aromatic rings. The van der Waals surface area contributed by atoms with Gasteiger partial charge < -0.3 is 14.4 Å². The zero-order chi connectivity index (χ0) is 16.6. The lowest BCUT2D eigenvalue weighted by atomic mass is 10.2. The Hall–Kier alpha value is -2.02. The molecule has 2 heterocycles. The third-order valence-corrected chi connectivity index (χ3v) is 5.72. The van der Waals surface area contributed by atoms with Crippen molar-refractivity contribution in [3.8, 4) is 5.75 Å². The Bertz CT molecular complexity index is 659. The number of thioether (sulfide) groups is 1. The number of benzene rings is 1. The van der Waals surface area contributed by atoms with Crippen LogP contribution in [0.4, 0.5) is 0 Å². The van der Waals surface area contributed by atoms with Crippen LogP contribution in [-0.4, -0.2) is 46.5 Å². The van der Waals surface area contributed by atoms with E-state index in [0.717, 1.165) is 6.42 Å². The highest BCUT2D eigenvalue weighted by molar-refractivity contribution is 8.01. The van der Waals surface area contributed by atoms with Crippen molar-refractivity contribution in [2.75, 3.05) is 12.9 Å². The third kappa shape index (κ3) is 2.81. The summed E-state index contributed by atoms with van der Waals surface area (Å²) in [6, 6.07) is 5.58. The molecule has 0 unspecified atom stereocenters. The minimum absolute atomic E-state index is 0.000453. The summed E-state index contributed by atoms with van der Waals surface area (Å²) in [6.07, 6.45) is 1.23. The number of esters is 2. The summed E-state index contributed by atoms with van der Waals surface area (Å²) >= 11 is 1.62. The second-order valence-electron chi connectivity index (χ2n) is 5.70. The van der Waals surface area contributed by atoms with E-state index < -0.39 is 18.0 Å². The van der Waals surface area contributed by atoms with Gasteiger partial charge in [0.1, 0.15) is 11.8 Å². The van der Waals surface area contributed by atoms with E-state index in [1.54, 1.807) is 16.7 Å². The summed E-state index contributed by atoms with van der Waals surface area (Å²) < 4.78 is 9.99. The molecule has 2 atom stereocenters. The Morgan fingerprint density at radius 3 is 2.65 bits per heavy atom. The minimum Gasteiger partial charge on any atom is -0.465 e. The van der Waals surface area contributed by atoms with Crippen LogP contribution in [-0.2, 0) is 14.3 Å². The fourth-order valence-corrected chi connectivity index (χ4v) is 4.37. The first-order valence-electron chi connectivity index (χ1n) is 7.31. The molecule has 0 spiro atoms. The van der Waals surface area contributed by atoms with Gasteiger partial charge in [-0.25, -0.2) is 9.59 Å². The first-order valence-corrected chi connectivity index (χ1v) is 8.29. The van der Waals surface area contributed by atoms with Crippen LogP contribution in [0.1, 0.15) is 30.1 Å². The quantitative estimate of drug-likeness (QED) is 0.620. The van der Waals surface area contributed by atoms with Crippen molar-refractivity contribution in [2.45, 2.75) is 30.7 Å². The van der Waals surface area contributed by atoms with Crippen LogP contribution in [0.2, 0.25) is 0 Å². The standard InChI is InChI=1S/C16H17NO5S/c1-16-8-7-13(18)17(16)12(9-23-16)15(20)22-11-5-3-10(4-6-11)14(19)21-2/h3-6,12H,7-9H2,1-2H3/t12-,16-/m0/s1. The molecule has 122 valence electrons. The number of amides is 1. The number of fused-ring (bicyclic) bond motifs is 1. The Balaban J connectivity index is 1.70. The van der Waals surface area contributed by atoms with E-state index in [2.05, 4.69) is 4.74 Å². The Morgan fingerprint density at radius 2 is 2.00 bits per heavy atom. The molecule has 2 aliphatic rings. The first kappa shape index (κ1) is 15.9. The van der Waals surface area contributed by atoms with Gasteiger partial charge in [-0.3, -0.25) is 4.79 Å². The molecule has 1 amide bonds. The van der Waals surface area contributed by atoms with Gasteiger partial charge in [0.2, 0.25) is 5.91 Å². The number of hydrogen-bond donors (Lipinski definition) is 0. The SMILES string of the molecule is COC(=O)c1ccc(OC(=O)[C@@H]2CS[C@@]3(C)CCC(=O)N23)cc1. The Kier molecular flexibility index (Phi) is 4.06. The lowest BCUT2D eigenvalue weighted by Crippen LogP contribution is -2.47. The van der Waals surface area contributed by atoms with E-state index in [1.807, 2.05) is 6.92 Å². The normalized spacial score (nSPS) is 26.1. The largest absolute Gasteiger partial charge is 0.465 e. The maximum Gasteiger partial charge on any atom is 0.337 e. The summed E-state index contributed by atoms with van der Waals surface area (Å²) in [5.74, 6) is -0.00871. The van der Waals surface area contributed by atoms with Gasteiger partial charge in [-0.15, -0.1) is 11.8 Å². The van der Waals surface area contributed by atoms with Crippen LogP contribution in [0, 0.1) is 0 Å². The van der Waals surface area contributed by atoms with E-state index in [0.29, 0.717) is 23.5 Å². The number of nitrogens with zero attached hydrogens (tertiary/aromatic N) is 1. The van der Waals surface area contributed by atoms with Gasteiger partial charge in [-0.1, -0.05) is 0 Å². The molecule has 0 aromatic heterocycles. The van der Waals surface area contributed by atoms with Gasteiger partial charge in [0.25, 0.3) is 0 Å². The second kappa shape index (κ2) is 5.88. The molecule has 2 fully saturated rings. The topological polar surface area (TPSA) is 72.9 Å². The summed E-state index contributed by atoms with van der Waals surface area (Å²) in [5, 5.41) is 0. The van der Waals surface area contributed by atoms with Crippen LogP contribution >= 0.6 is 11.8 Å². The predicted molar refractivity (Wildman–Crippen MR) is 84.1 cm³/mol. The third-order valence-electron chi connectivity index (χ3n) is 4.21. The van der Waals surface area contributed by atoms with Gasteiger partial charge in [0.15, 0.2) is 0 Å². The van der Waals surface area contributed by atoms with Crippen molar-refractivity contribution in [1.29, 1.82) is 0 Å². The van der Waals surface area contributed by atoms with Crippen molar-refractivity contribution in [1.82, 2.24) is 4.90 Å². The van der Waals surface area contributed by atoms with Crippen LogP contribution < -0.4 is 4.74 Å². The summed E-state index contributed by atoms with van der Waals surface area (Å²) in [4.78, 5) is 37.2. The fourth-order valence-electron chi connectivity index (χ4n) is 2.96. The van der Waals surface area contributed by atoms with Gasteiger partial charge in [-0.2, -0.15) is 0 Å². The number of rotatable bonds is 3. The second-order valence-corrected chi connectivity index (χ2v) is 7.20. The van der Waals surface area contributed by atoms with E-state index in [9.17, 15) is 14.4 Å². The van der Waals surface area contributed by atoms with Crippen LogP contribution in [0.25, 0.3) is 0 Å². The average Bonchev–Trinajstić information content (AvgIpc) is 3.04. The lowest BCUT2D eigenvalue weighted by Gasteiger charge is -2.29. The Morgan fingerprint density at radius 1 is 1.30 bits per heavy atom. The van der Waals surface area contributed by atoms with Crippen molar-refractivity contribution in [3.63, 3.8) is 0 Å². The van der Waals surface area contributed by atoms with Crippen molar-refractivity contribution < 1.29 is 23.9 Å². The summed E-state index contributed by atoms with van der Waals surface area (Å²) in [5.41, 5.74) is 0.381.